The van der Waals surface area contributed by atoms with Crippen LogP contribution in [0.3, 0.4) is 0 Å². The first-order chi connectivity index (χ1) is 8.69. The Labute approximate surface area is 107 Å². The molecule has 2 rings (SSSR count). The highest BCUT2D eigenvalue weighted by Crippen LogP contribution is 2.38. The fourth-order valence-corrected chi connectivity index (χ4v) is 2.77. The lowest BCUT2D eigenvalue weighted by atomic mass is 9.77. The number of nitrogens with zero attached hydrogens (tertiary/aromatic N) is 1. The molecule has 100 valence electrons. The third kappa shape index (κ3) is 2.46. The summed E-state index contributed by atoms with van der Waals surface area (Å²) in [5.41, 5.74) is 4.55. The van der Waals surface area contributed by atoms with Gasteiger partial charge in [0.25, 0.3) is 5.91 Å². The lowest BCUT2D eigenvalue weighted by Crippen LogP contribution is -2.52. The van der Waals surface area contributed by atoms with E-state index in [2.05, 4.69) is 10.3 Å². The lowest BCUT2D eigenvalue weighted by Gasteiger charge is -2.31. The SMILES string of the molecule is NCCCC1=NC(=O)C2(CCCCCC2)C(=O)N1. The van der Waals surface area contributed by atoms with Crippen LogP contribution in [0.1, 0.15) is 51.4 Å². The van der Waals surface area contributed by atoms with Gasteiger partial charge < -0.3 is 11.1 Å². The summed E-state index contributed by atoms with van der Waals surface area (Å²) in [7, 11) is 0. The number of nitrogens with two attached hydrogens (primary N) is 1. The molecule has 18 heavy (non-hydrogen) atoms. The minimum absolute atomic E-state index is 0.142. The van der Waals surface area contributed by atoms with Crippen LogP contribution in [0.2, 0.25) is 0 Å². The zero-order valence-electron chi connectivity index (χ0n) is 10.7. The van der Waals surface area contributed by atoms with Crippen molar-refractivity contribution in [3.63, 3.8) is 0 Å². The van der Waals surface area contributed by atoms with Gasteiger partial charge in [0.05, 0.1) is 0 Å². The van der Waals surface area contributed by atoms with Gasteiger partial charge in [-0.05, 0) is 25.8 Å². The number of carbonyl (C=O) groups excluding carboxylic acids is 2. The van der Waals surface area contributed by atoms with Gasteiger partial charge in [0.15, 0.2) is 0 Å². The van der Waals surface area contributed by atoms with Gasteiger partial charge in [-0.15, -0.1) is 0 Å². The predicted molar refractivity (Wildman–Crippen MR) is 69.0 cm³/mol. The molecule has 1 saturated carbocycles. The molecule has 5 nitrogen and oxygen atoms in total. The molecule has 3 N–H and O–H groups in total. The fourth-order valence-electron chi connectivity index (χ4n) is 2.77. The highest BCUT2D eigenvalue weighted by Gasteiger charge is 2.48. The molecule has 1 aliphatic carbocycles. The van der Waals surface area contributed by atoms with Crippen molar-refractivity contribution < 1.29 is 9.59 Å². The summed E-state index contributed by atoms with van der Waals surface area (Å²) in [6.07, 6.45) is 6.68. The van der Waals surface area contributed by atoms with E-state index >= 15 is 0 Å². The number of rotatable bonds is 3. The van der Waals surface area contributed by atoms with Crippen molar-refractivity contribution in [2.75, 3.05) is 6.54 Å². The summed E-state index contributed by atoms with van der Waals surface area (Å²) in [6.45, 7) is 0.536. The Balaban J connectivity index is 2.16. The number of carbonyl (C=O) groups is 2. The number of amides is 2. The van der Waals surface area contributed by atoms with Gasteiger partial charge in [-0.3, -0.25) is 9.59 Å². The van der Waals surface area contributed by atoms with Crippen LogP contribution >= 0.6 is 0 Å². The molecule has 0 radical (unpaired) electrons. The summed E-state index contributed by atoms with van der Waals surface area (Å²) in [6, 6.07) is 0. The van der Waals surface area contributed by atoms with Gasteiger partial charge in [-0.25, -0.2) is 0 Å². The van der Waals surface area contributed by atoms with Crippen molar-refractivity contribution in [3.05, 3.63) is 0 Å². The first kappa shape index (κ1) is 13.2. The average Bonchev–Trinajstić information content (AvgIpc) is 2.60. The molecule has 1 aliphatic heterocycles. The predicted octanol–water partition coefficient (Wildman–Crippen LogP) is 1.12. The zero-order chi connectivity index (χ0) is 13.0. The second kappa shape index (κ2) is 5.61. The molecule has 0 bridgehead atoms. The van der Waals surface area contributed by atoms with Crippen LogP contribution in [0.4, 0.5) is 0 Å². The third-order valence-corrected chi connectivity index (χ3v) is 3.91. The Morgan fingerprint density at radius 1 is 1.17 bits per heavy atom. The summed E-state index contributed by atoms with van der Waals surface area (Å²) in [4.78, 5) is 28.6. The summed E-state index contributed by atoms with van der Waals surface area (Å²) in [5, 5.41) is 2.80. The molecule has 0 aromatic heterocycles. The maximum Gasteiger partial charge on any atom is 0.263 e. The molecule has 2 aliphatic rings. The third-order valence-electron chi connectivity index (χ3n) is 3.91. The average molecular weight is 251 g/mol. The molecular formula is C13H21N3O2. The Bertz CT molecular complexity index is 368. The van der Waals surface area contributed by atoms with Crippen LogP contribution in [-0.2, 0) is 9.59 Å². The highest BCUT2D eigenvalue weighted by atomic mass is 16.2. The van der Waals surface area contributed by atoms with Crippen LogP contribution in [0, 0.1) is 5.41 Å². The molecule has 1 spiro atoms. The van der Waals surface area contributed by atoms with E-state index in [0.29, 0.717) is 31.6 Å². The first-order valence-corrected chi connectivity index (χ1v) is 6.82. The number of nitrogens with one attached hydrogen (secondary N) is 1. The molecule has 0 aromatic rings. The first-order valence-electron chi connectivity index (χ1n) is 6.82. The van der Waals surface area contributed by atoms with Crippen LogP contribution in [0.25, 0.3) is 0 Å². The van der Waals surface area contributed by atoms with Gasteiger partial charge in [-0.1, -0.05) is 25.7 Å². The van der Waals surface area contributed by atoms with Crippen molar-refractivity contribution >= 4 is 17.6 Å². The zero-order valence-corrected chi connectivity index (χ0v) is 10.7. The van der Waals surface area contributed by atoms with Gasteiger partial charge in [0.2, 0.25) is 5.91 Å². The van der Waals surface area contributed by atoms with Gasteiger partial charge in [-0.2, -0.15) is 4.99 Å². The topological polar surface area (TPSA) is 84.5 Å². The highest BCUT2D eigenvalue weighted by molar-refractivity contribution is 6.18. The Hall–Kier alpha value is -1.23. The van der Waals surface area contributed by atoms with Gasteiger partial charge >= 0.3 is 0 Å². The van der Waals surface area contributed by atoms with Gasteiger partial charge in [0, 0.05) is 6.42 Å². The molecule has 0 aromatic carbocycles. The van der Waals surface area contributed by atoms with E-state index in [1.807, 2.05) is 0 Å². The quantitative estimate of drug-likeness (QED) is 0.737. The Morgan fingerprint density at radius 3 is 2.39 bits per heavy atom. The molecule has 0 atom stereocenters. The molecule has 5 heteroatoms. The largest absolute Gasteiger partial charge is 0.330 e. The van der Waals surface area contributed by atoms with Gasteiger partial charge in [0.1, 0.15) is 11.3 Å². The molecule has 2 amide bonds. The Kier molecular flexibility index (Phi) is 4.11. The summed E-state index contributed by atoms with van der Waals surface area (Å²) in [5.74, 6) is 0.113. The maximum absolute atomic E-state index is 12.3. The maximum atomic E-state index is 12.3. The normalized spacial score (nSPS) is 23.5. The van der Waals surface area contributed by atoms with E-state index in [0.717, 1.165) is 32.1 Å². The molecule has 1 fully saturated rings. The second-order valence-corrected chi connectivity index (χ2v) is 5.21. The van der Waals surface area contributed by atoms with Crippen molar-refractivity contribution in [1.29, 1.82) is 0 Å². The van der Waals surface area contributed by atoms with Crippen LogP contribution in [0.5, 0.6) is 0 Å². The number of amidine groups is 1. The minimum Gasteiger partial charge on any atom is -0.330 e. The van der Waals surface area contributed by atoms with E-state index in [1.54, 1.807) is 0 Å². The monoisotopic (exact) mass is 251 g/mol. The standard InChI is InChI=1S/C13H21N3O2/c14-9-5-6-10-15-11(17)13(12(18)16-10)7-3-1-2-4-8-13/h1-9,14H2,(H,15,16,17,18). The second-order valence-electron chi connectivity index (χ2n) is 5.21. The fraction of sp³-hybridized carbons (Fsp3) is 0.769. The number of hydrogen-bond acceptors (Lipinski definition) is 3. The summed E-state index contributed by atoms with van der Waals surface area (Å²) >= 11 is 0. The van der Waals surface area contributed by atoms with Crippen molar-refractivity contribution in [3.8, 4) is 0 Å². The molecule has 1 heterocycles. The van der Waals surface area contributed by atoms with Crippen molar-refractivity contribution in [1.82, 2.24) is 5.32 Å². The lowest BCUT2D eigenvalue weighted by molar-refractivity contribution is -0.142. The molecule has 0 unspecified atom stereocenters. The molecule has 0 saturated heterocycles. The minimum atomic E-state index is -0.872. The van der Waals surface area contributed by atoms with Crippen molar-refractivity contribution in [2.24, 2.45) is 16.1 Å². The summed E-state index contributed by atoms with van der Waals surface area (Å²) < 4.78 is 0. The van der Waals surface area contributed by atoms with E-state index in [4.69, 9.17) is 5.73 Å². The molecular weight excluding hydrogens is 230 g/mol. The van der Waals surface area contributed by atoms with Crippen molar-refractivity contribution in [2.45, 2.75) is 51.4 Å². The van der Waals surface area contributed by atoms with Crippen LogP contribution in [0.15, 0.2) is 4.99 Å². The smallest absolute Gasteiger partial charge is 0.263 e. The Morgan fingerprint density at radius 2 is 1.83 bits per heavy atom. The van der Waals surface area contributed by atoms with Crippen LogP contribution in [-0.4, -0.2) is 24.2 Å². The van der Waals surface area contributed by atoms with E-state index in [9.17, 15) is 9.59 Å². The number of hydrogen-bond donors (Lipinski definition) is 2. The van der Waals surface area contributed by atoms with E-state index in [-0.39, 0.29) is 11.8 Å². The van der Waals surface area contributed by atoms with E-state index < -0.39 is 5.41 Å². The van der Waals surface area contributed by atoms with E-state index in [1.165, 1.54) is 0 Å². The number of aliphatic imine (C=N–C) groups is 1. The van der Waals surface area contributed by atoms with Crippen LogP contribution < -0.4 is 11.1 Å².